The average Bonchev–Trinajstić information content (AvgIpc) is 2.40. The number of aromatic nitrogens is 1. The summed E-state index contributed by atoms with van der Waals surface area (Å²) in [4.78, 5) is 4.04. The molecule has 2 nitrogen and oxygen atoms in total. The smallest absolute Gasteiger partial charge is 0.0453 e. The predicted molar refractivity (Wildman–Crippen MR) is 75.8 cm³/mol. The molecule has 2 rings (SSSR count). The van der Waals surface area contributed by atoms with Gasteiger partial charge in [-0.25, -0.2) is 0 Å². The van der Waals surface area contributed by atoms with E-state index in [1.807, 2.05) is 42.7 Å². The third-order valence-corrected chi connectivity index (χ3v) is 3.26. The van der Waals surface area contributed by atoms with Crippen LogP contribution in [0.1, 0.15) is 24.1 Å². The van der Waals surface area contributed by atoms with Gasteiger partial charge in [0.05, 0.1) is 0 Å². The second-order valence-electron chi connectivity index (χ2n) is 4.19. The van der Waals surface area contributed by atoms with E-state index >= 15 is 0 Å². The van der Waals surface area contributed by atoms with E-state index in [-0.39, 0.29) is 6.04 Å². The normalized spacial score (nSPS) is 12.3. The topological polar surface area (TPSA) is 24.9 Å². The highest BCUT2D eigenvalue weighted by molar-refractivity contribution is 6.31. The summed E-state index contributed by atoms with van der Waals surface area (Å²) < 4.78 is 0. The molecule has 3 heteroatoms. The van der Waals surface area contributed by atoms with Crippen LogP contribution in [0.2, 0.25) is 5.02 Å². The molecule has 0 radical (unpaired) electrons. The Balaban J connectivity index is 2.21. The number of hydrogen-bond acceptors (Lipinski definition) is 2. The molecule has 1 atom stereocenters. The van der Waals surface area contributed by atoms with Crippen molar-refractivity contribution in [3.8, 4) is 0 Å². The fourth-order valence-electron chi connectivity index (χ4n) is 2.05. The van der Waals surface area contributed by atoms with Crippen LogP contribution in [0.25, 0.3) is 0 Å². The highest BCUT2D eigenvalue weighted by Crippen LogP contribution is 2.25. The van der Waals surface area contributed by atoms with Gasteiger partial charge in [0.15, 0.2) is 0 Å². The molecule has 1 unspecified atom stereocenters. The van der Waals surface area contributed by atoms with Crippen molar-refractivity contribution < 1.29 is 0 Å². The Morgan fingerprint density at radius 1 is 1.17 bits per heavy atom. The highest BCUT2D eigenvalue weighted by atomic mass is 35.5. The molecule has 0 aliphatic rings. The van der Waals surface area contributed by atoms with E-state index in [0.29, 0.717) is 0 Å². The third kappa shape index (κ3) is 3.31. The van der Waals surface area contributed by atoms with Crippen LogP contribution in [0.4, 0.5) is 0 Å². The number of hydrogen-bond donors (Lipinski definition) is 1. The number of pyridine rings is 1. The first-order valence-corrected chi connectivity index (χ1v) is 6.55. The van der Waals surface area contributed by atoms with Gasteiger partial charge in [-0.15, -0.1) is 0 Å². The summed E-state index contributed by atoms with van der Waals surface area (Å²) in [6, 6.07) is 12.3. The fraction of sp³-hybridized carbons (Fsp3) is 0.267. The Kier molecular flexibility index (Phi) is 4.73. The SMILES string of the molecule is CCNC(Cc1ccncc1)c1ccccc1Cl. The third-order valence-electron chi connectivity index (χ3n) is 2.92. The van der Waals surface area contributed by atoms with E-state index in [4.69, 9.17) is 11.6 Å². The second kappa shape index (κ2) is 6.53. The molecule has 0 aliphatic carbocycles. The molecule has 0 spiro atoms. The van der Waals surface area contributed by atoms with Crippen LogP contribution in [0.5, 0.6) is 0 Å². The maximum absolute atomic E-state index is 6.27. The van der Waals surface area contributed by atoms with E-state index in [2.05, 4.69) is 23.3 Å². The molecule has 0 fully saturated rings. The molecule has 0 amide bonds. The first-order valence-electron chi connectivity index (χ1n) is 6.18. The predicted octanol–water partition coefficient (Wildman–Crippen LogP) is 3.63. The number of rotatable bonds is 5. The van der Waals surface area contributed by atoms with Gasteiger partial charge in [0.1, 0.15) is 0 Å². The number of benzene rings is 1. The van der Waals surface area contributed by atoms with Gasteiger partial charge in [-0.2, -0.15) is 0 Å². The van der Waals surface area contributed by atoms with E-state index in [1.54, 1.807) is 0 Å². The standard InChI is InChI=1S/C15H17ClN2/c1-2-18-15(11-12-7-9-17-10-8-12)13-5-3-4-6-14(13)16/h3-10,15,18H,2,11H2,1H3. The van der Waals surface area contributed by atoms with Crippen LogP contribution < -0.4 is 5.32 Å². The van der Waals surface area contributed by atoms with Crippen molar-refractivity contribution in [2.24, 2.45) is 0 Å². The van der Waals surface area contributed by atoms with Crippen LogP contribution >= 0.6 is 11.6 Å². The van der Waals surface area contributed by atoms with Crippen molar-refractivity contribution in [2.75, 3.05) is 6.54 Å². The summed E-state index contributed by atoms with van der Waals surface area (Å²) in [6.45, 7) is 3.03. The van der Waals surface area contributed by atoms with Crippen LogP contribution in [0, 0.1) is 0 Å². The Hall–Kier alpha value is -1.38. The fourth-order valence-corrected chi connectivity index (χ4v) is 2.32. The van der Waals surface area contributed by atoms with Gasteiger partial charge in [0.25, 0.3) is 0 Å². The first-order chi connectivity index (χ1) is 8.81. The molecule has 18 heavy (non-hydrogen) atoms. The minimum Gasteiger partial charge on any atom is -0.310 e. The lowest BCUT2D eigenvalue weighted by atomic mass is 9.99. The Morgan fingerprint density at radius 2 is 1.89 bits per heavy atom. The zero-order valence-corrected chi connectivity index (χ0v) is 11.2. The lowest BCUT2D eigenvalue weighted by Crippen LogP contribution is -2.23. The summed E-state index contributed by atoms with van der Waals surface area (Å²) in [5.74, 6) is 0. The van der Waals surface area contributed by atoms with Gasteiger partial charge in [0, 0.05) is 23.5 Å². The molecule has 0 aliphatic heterocycles. The van der Waals surface area contributed by atoms with E-state index < -0.39 is 0 Å². The lowest BCUT2D eigenvalue weighted by Gasteiger charge is -2.19. The number of nitrogens with zero attached hydrogens (tertiary/aromatic N) is 1. The molecular formula is C15H17ClN2. The Labute approximate surface area is 113 Å². The molecule has 2 aromatic rings. The van der Waals surface area contributed by atoms with Gasteiger partial charge in [-0.3, -0.25) is 4.98 Å². The Morgan fingerprint density at radius 3 is 2.56 bits per heavy atom. The Bertz CT molecular complexity index is 485. The lowest BCUT2D eigenvalue weighted by molar-refractivity contribution is 0.550. The molecule has 94 valence electrons. The molecule has 1 aromatic carbocycles. The minimum atomic E-state index is 0.242. The largest absolute Gasteiger partial charge is 0.310 e. The zero-order chi connectivity index (χ0) is 12.8. The van der Waals surface area contributed by atoms with Crippen LogP contribution in [0.15, 0.2) is 48.8 Å². The van der Waals surface area contributed by atoms with E-state index in [9.17, 15) is 0 Å². The quantitative estimate of drug-likeness (QED) is 0.888. The minimum absolute atomic E-state index is 0.242. The van der Waals surface area contributed by atoms with Crippen molar-refractivity contribution in [1.82, 2.24) is 10.3 Å². The maximum Gasteiger partial charge on any atom is 0.0453 e. The molecule has 1 N–H and O–H groups in total. The first kappa shape index (κ1) is 13.1. The highest BCUT2D eigenvalue weighted by Gasteiger charge is 2.13. The van der Waals surface area contributed by atoms with Gasteiger partial charge < -0.3 is 5.32 Å². The monoisotopic (exact) mass is 260 g/mol. The van der Waals surface area contributed by atoms with Gasteiger partial charge in [-0.05, 0) is 42.3 Å². The van der Waals surface area contributed by atoms with Crippen molar-refractivity contribution in [3.63, 3.8) is 0 Å². The van der Waals surface area contributed by atoms with Gasteiger partial charge in [-0.1, -0.05) is 36.7 Å². The summed E-state index contributed by atoms with van der Waals surface area (Å²) in [6.07, 6.45) is 4.57. The molecule has 1 heterocycles. The summed E-state index contributed by atoms with van der Waals surface area (Å²) in [5, 5.41) is 4.30. The van der Waals surface area contributed by atoms with Crippen molar-refractivity contribution >= 4 is 11.6 Å². The molecule has 0 saturated carbocycles. The zero-order valence-electron chi connectivity index (χ0n) is 10.4. The van der Waals surface area contributed by atoms with Crippen molar-refractivity contribution in [1.29, 1.82) is 0 Å². The average molecular weight is 261 g/mol. The van der Waals surface area contributed by atoms with Crippen molar-refractivity contribution in [3.05, 3.63) is 64.9 Å². The maximum atomic E-state index is 6.27. The van der Waals surface area contributed by atoms with Crippen LogP contribution in [-0.2, 0) is 6.42 Å². The number of nitrogens with one attached hydrogen (secondary N) is 1. The second-order valence-corrected chi connectivity index (χ2v) is 4.60. The molecular weight excluding hydrogens is 244 g/mol. The number of likely N-dealkylation sites (N-methyl/N-ethyl adjacent to an activating group) is 1. The van der Waals surface area contributed by atoms with E-state index in [1.165, 1.54) is 5.56 Å². The molecule has 0 saturated heterocycles. The number of halogens is 1. The van der Waals surface area contributed by atoms with E-state index in [0.717, 1.165) is 23.6 Å². The van der Waals surface area contributed by atoms with Gasteiger partial charge >= 0.3 is 0 Å². The summed E-state index contributed by atoms with van der Waals surface area (Å²) in [5.41, 5.74) is 2.41. The van der Waals surface area contributed by atoms with Gasteiger partial charge in [0.2, 0.25) is 0 Å². The van der Waals surface area contributed by atoms with Crippen LogP contribution in [0.3, 0.4) is 0 Å². The summed E-state index contributed by atoms with van der Waals surface area (Å²) in [7, 11) is 0. The van der Waals surface area contributed by atoms with Crippen LogP contribution in [-0.4, -0.2) is 11.5 Å². The molecule has 0 bridgehead atoms. The molecule has 1 aromatic heterocycles. The van der Waals surface area contributed by atoms with Crippen molar-refractivity contribution in [2.45, 2.75) is 19.4 Å². The summed E-state index contributed by atoms with van der Waals surface area (Å²) >= 11 is 6.27.